The van der Waals surface area contributed by atoms with Gasteiger partial charge in [-0.2, -0.15) is 13.2 Å². The van der Waals surface area contributed by atoms with Gasteiger partial charge >= 0.3 is 6.18 Å². The molecule has 26 heavy (non-hydrogen) atoms. The molecule has 0 bridgehead atoms. The van der Waals surface area contributed by atoms with Gasteiger partial charge in [-0.3, -0.25) is 4.79 Å². The summed E-state index contributed by atoms with van der Waals surface area (Å²) in [4.78, 5) is 12.4. The minimum Gasteiger partial charge on any atom is -0.381 e. The third kappa shape index (κ3) is 3.83. The van der Waals surface area contributed by atoms with Crippen LogP contribution >= 0.6 is 0 Å². The van der Waals surface area contributed by atoms with Crippen molar-refractivity contribution in [1.82, 2.24) is 10.6 Å². The number of alkyl halides is 3. The Hall–Kier alpha value is -1.74. The summed E-state index contributed by atoms with van der Waals surface area (Å²) in [6.07, 6.45) is -4.39. The number of carbonyl (C=O) groups is 1. The molecule has 1 aromatic rings. The third-order valence-electron chi connectivity index (χ3n) is 4.83. The van der Waals surface area contributed by atoms with Gasteiger partial charge in [-0.25, -0.2) is 8.78 Å². The summed E-state index contributed by atoms with van der Waals surface area (Å²) in [5.74, 6) is -3.18. The second-order valence-electron chi connectivity index (χ2n) is 6.94. The maximum Gasteiger partial charge on any atom is 0.419 e. The van der Waals surface area contributed by atoms with Crippen LogP contribution in [0.3, 0.4) is 0 Å². The highest BCUT2D eigenvalue weighted by Crippen LogP contribution is 2.36. The number of hydrogen-bond donors (Lipinski definition) is 2. The predicted octanol–water partition coefficient (Wildman–Crippen LogP) is 2.79. The predicted molar refractivity (Wildman–Crippen MR) is 82.1 cm³/mol. The van der Waals surface area contributed by atoms with E-state index in [4.69, 9.17) is 4.74 Å². The zero-order valence-corrected chi connectivity index (χ0v) is 14.0. The van der Waals surface area contributed by atoms with Crippen LogP contribution < -0.4 is 10.6 Å². The number of benzene rings is 1. The Morgan fingerprint density at radius 3 is 2.46 bits per heavy atom. The van der Waals surface area contributed by atoms with Crippen LogP contribution in [0.25, 0.3) is 0 Å². The van der Waals surface area contributed by atoms with Crippen LogP contribution in [-0.4, -0.2) is 31.7 Å². The number of amides is 1. The molecule has 4 nitrogen and oxygen atoms in total. The molecule has 2 N–H and O–H groups in total. The van der Waals surface area contributed by atoms with Crippen LogP contribution in [0.15, 0.2) is 12.1 Å². The Balaban J connectivity index is 1.86. The topological polar surface area (TPSA) is 50.4 Å². The van der Waals surface area contributed by atoms with Crippen molar-refractivity contribution in [3.05, 3.63) is 34.9 Å². The van der Waals surface area contributed by atoms with E-state index in [1.54, 1.807) is 0 Å². The molecule has 3 atom stereocenters. The van der Waals surface area contributed by atoms with E-state index in [-0.39, 0.29) is 36.7 Å². The second-order valence-corrected chi connectivity index (χ2v) is 6.94. The summed E-state index contributed by atoms with van der Waals surface area (Å²) in [6.45, 7) is 3.06. The molecule has 9 heteroatoms. The molecular weight excluding hydrogens is 359 g/mol. The number of carbonyl (C=O) groups excluding carboxylic acids is 1. The molecule has 0 aromatic heterocycles. The van der Waals surface area contributed by atoms with Gasteiger partial charge in [-0.15, -0.1) is 0 Å². The summed E-state index contributed by atoms with van der Waals surface area (Å²) in [6, 6.07) is -0.757. The highest BCUT2D eigenvalue weighted by atomic mass is 19.4. The minimum absolute atomic E-state index is 0.138. The summed E-state index contributed by atoms with van der Waals surface area (Å²) in [5, 5.41) is 5.69. The summed E-state index contributed by atoms with van der Waals surface area (Å²) >= 11 is 0. The molecule has 144 valence electrons. The van der Waals surface area contributed by atoms with E-state index < -0.39 is 35.5 Å². The third-order valence-corrected chi connectivity index (χ3v) is 4.83. The lowest BCUT2D eigenvalue weighted by molar-refractivity contribution is -0.140. The van der Waals surface area contributed by atoms with Gasteiger partial charge in [-0.05, 0) is 31.0 Å². The number of nitrogens with one attached hydrogen (secondary N) is 2. The standard InChI is InChI=1S/C17H19F5N2O2/c1-8-2-14(23-5-8)16(25)24-15(9-6-26-7-9)10-3-13(19)11(4-12(10)18)17(20,21)22/h3-4,8-9,14-15,23H,2,5-7H2,1H3,(H,24,25)/t8-,14-,15?/m1/s1. The molecule has 1 unspecified atom stereocenters. The molecule has 0 saturated carbocycles. The number of ether oxygens (including phenoxy) is 1. The zero-order valence-electron chi connectivity index (χ0n) is 14.0. The van der Waals surface area contributed by atoms with Crippen molar-refractivity contribution in [3.8, 4) is 0 Å². The van der Waals surface area contributed by atoms with E-state index in [1.807, 2.05) is 6.92 Å². The van der Waals surface area contributed by atoms with Gasteiger partial charge in [0.05, 0.1) is 30.9 Å². The maximum absolute atomic E-state index is 14.3. The monoisotopic (exact) mass is 378 g/mol. The molecule has 1 aromatic carbocycles. The summed E-state index contributed by atoms with van der Waals surface area (Å²) < 4.78 is 71.5. The normalized spacial score (nSPS) is 25.0. The first-order valence-electron chi connectivity index (χ1n) is 8.34. The Morgan fingerprint density at radius 1 is 1.27 bits per heavy atom. The fraction of sp³-hybridized carbons (Fsp3) is 0.588. The molecule has 3 rings (SSSR count). The molecule has 2 fully saturated rings. The fourth-order valence-corrected chi connectivity index (χ4v) is 3.28. The number of hydrogen-bond acceptors (Lipinski definition) is 3. The fourth-order valence-electron chi connectivity index (χ4n) is 3.28. The van der Waals surface area contributed by atoms with Gasteiger partial charge in [0.1, 0.15) is 11.6 Å². The van der Waals surface area contributed by atoms with Crippen LogP contribution in [0.5, 0.6) is 0 Å². The molecule has 1 amide bonds. The average molecular weight is 378 g/mol. The van der Waals surface area contributed by atoms with Crippen molar-refractivity contribution < 1.29 is 31.5 Å². The van der Waals surface area contributed by atoms with Gasteiger partial charge in [0.15, 0.2) is 0 Å². The molecule has 2 heterocycles. The molecule has 0 aliphatic carbocycles. The quantitative estimate of drug-likeness (QED) is 0.793. The van der Waals surface area contributed by atoms with Crippen molar-refractivity contribution in [3.63, 3.8) is 0 Å². The van der Waals surface area contributed by atoms with Gasteiger partial charge in [-0.1, -0.05) is 6.92 Å². The Kier molecular flexibility index (Phi) is 5.21. The highest BCUT2D eigenvalue weighted by molar-refractivity contribution is 5.82. The first-order chi connectivity index (χ1) is 12.2. The SMILES string of the molecule is C[C@H]1CN[C@@H](C(=O)NC(c2cc(F)c(C(F)(F)F)cc2F)C2COC2)C1. The van der Waals surface area contributed by atoms with Gasteiger partial charge in [0.25, 0.3) is 0 Å². The molecule has 0 spiro atoms. The summed E-state index contributed by atoms with van der Waals surface area (Å²) in [7, 11) is 0. The van der Waals surface area contributed by atoms with Crippen LogP contribution in [0.4, 0.5) is 22.0 Å². The Bertz CT molecular complexity index is 690. The summed E-state index contributed by atoms with van der Waals surface area (Å²) in [5.41, 5.74) is -1.97. The Labute approximate surface area is 147 Å². The molecular formula is C17H19F5N2O2. The number of halogens is 5. The van der Waals surface area contributed by atoms with E-state index in [9.17, 15) is 26.7 Å². The lowest BCUT2D eigenvalue weighted by Crippen LogP contribution is -2.48. The minimum atomic E-state index is -4.99. The first kappa shape index (κ1) is 19.0. The van der Waals surface area contributed by atoms with Crippen molar-refractivity contribution in [2.45, 2.75) is 31.6 Å². The first-order valence-corrected chi connectivity index (χ1v) is 8.34. The van der Waals surface area contributed by atoms with Crippen molar-refractivity contribution >= 4 is 5.91 Å². The lowest BCUT2D eigenvalue weighted by atomic mass is 9.90. The smallest absolute Gasteiger partial charge is 0.381 e. The van der Waals surface area contributed by atoms with E-state index >= 15 is 0 Å². The van der Waals surface area contributed by atoms with Crippen molar-refractivity contribution in [1.29, 1.82) is 0 Å². The Morgan fingerprint density at radius 2 is 1.96 bits per heavy atom. The van der Waals surface area contributed by atoms with Gasteiger partial charge < -0.3 is 15.4 Å². The van der Waals surface area contributed by atoms with Crippen LogP contribution in [0.2, 0.25) is 0 Å². The number of rotatable bonds is 4. The maximum atomic E-state index is 14.3. The molecule has 0 radical (unpaired) electrons. The average Bonchev–Trinajstić information content (AvgIpc) is 2.92. The van der Waals surface area contributed by atoms with E-state index in [0.29, 0.717) is 24.9 Å². The lowest BCUT2D eigenvalue weighted by Gasteiger charge is -2.35. The van der Waals surface area contributed by atoms with E-state index in [0.717, 1.165) is 0 Å². The van der Waals surface area contributed by atoms with Crippen LogP contribution in [-0.2, 0) is 15.7 Å². The zero-order chi connectivity index (χ0) is 19.1. The van der Waals surface area contributed by atoms with Crippen LogP contribution in [0, 0.1) is 23.5 Å². The van der Waals surface area contributed by atoms with E-state index in [2.05, 4.69) is 10.6 Å². The van der Waals surface area contributed by atoms with Crippen LogP contribution in [0.1, 0.15) is 30.5 Å². The highest BCUT2D eigenvalue weighted by Gasteiger charge is 2.39. The largest absolute Gasteiger partial charge is 0.419 e. The molecule has 2 aliphatic rings. The molecule has 2 aliphatic heterocycles. The second kappa shape index (κ2) is 7.11. The van der Waals surface area contributed by atoms with E-state index in [1.165, 1.54) is 0 Å². The van der Waals surface area contributed by atoms with Gasteiger partial charge in [0.2, 0.25) is 5.91 Å². The van der Waals surface area contributed by atoms with Gasteiger partial charge in [0, 0.05) is 11.5 Å². The van der Waals surface area contributed by atoms with Crippen molar-refractivity contribution in [2.24, 2.45) is 11.8 Å². The molecule has 2 saturated heterocycles. The van der Waals surface area contributed by atoms with Crippen molar-refractivity contribution in [2.75, 3.05) is 19.8 Å².